The smallest absolute Gasteiger partial charge is 0.00876 e. The lowest BCUT2D eigenvalue weighted by molar-refractivity contribution is 0.297. The van der Waals surface area contributed by atoms with Crippen LogP contribution in [0.5, 0.6) is 0 Å². The van der Waals surface area contributed by atoms with Gasteiger partial charge in [-0.3, -0.25) is 0 Å². The Bertz CT molecular complexity index is 47.5. The molecule has 0 radical (unpaired) electrons. The van der Waals surface area contributed by atoms with Gasteiger partial charge in [0.05, 0.1) is 0 Å². The monoisotopic (exact) mass is 192 g/mol. The van der Waals surface area contributed by atoms with Gasteiger partial charge in [-0.2, -0.15) is 0 Å². The summed E-state index contributed by atoms with van der Waals surface area (Å²) in [6, 6.07) is 0. The average Bonchev–Trinajstić information content (AvgIpc) is 1.95. The van der Waals surface area contributed by atoms with Gasteiger partial charge in [0.25, 0.3) is 0 Å². The molecule has 0 aromatic rings. The van der Waals surface area contributed by atoms with E-state index in [4.69, 9.17) is 0 Å². The molecule has 0 bridgehead atoms. The van der Waals surface area contributed by atoms with E-state index in [1.165, 1.54) is 19.3 Å². The van der Waals surface area contributed by atoms with Crippen LogP contribution in [-0.2, 0) is 0 Å². The van der Waals surface area contributed by atoms with Crippen LogP contribution in [0.1, 0.15) is 40.0 Å². The Kier molecular flexibility index (Phi) is 4.55. The minimum Gasteiger partial charge on any atom is -0.0922 e. The van der Waals surface area contributed by atoms with E-state index >= 15 is 0 Å². The van der Waals surface area contributed by atoms with Crippen LogP contribution in [0.2, 0.25) is 0 Å². The lowest BCUT2D eigenvalue weighted by atomic mass is 9.82. The second-order valence-corrected chi connectivity index (χ2v) is 3.26. The SMILES string of the molecule is CCC(CC)(CC)CBr. The van der Waals surface area contributed by atoms with Crippen LogP contribution < -0.4 is 0 Å². The van der Waals surface area contributed by atoms with Crippen molar-refractivity contribution in [2.75, 3.05) is 5.33 Å². The van der Waals surface area contributed by atoms with Crippen molar-refractivity contribution >= 4 is 15.9 Å². The standard InChI is InChI=1S/C8H17Br/c1-4-8(5-2,6-3)7-9/h4-7H2,1-3H3. The molecule has 0 amide bonds. The number of halogens is 1. The highest BCUT2D eigenvalue weighted by Crippen LogP contribution is 2.31. The number of rotatable bonds is 4. The Morgan fingerprint density at radius 3 is 1.33 bits per heavy atom. The van der Waals surface area contributed by atoms with Crippen molar-refractivity contribution in [1.29, 1.82) is 0 Å². The minimum absolute atomic E-state index is 0.583. The molecule has 0 rings (SSSR count). The van der Waals surface area contributed by atoms with Crippen LogP contribution >= 0.6 is 15.9 Å². The second kappa shape index (κ2) is 4.32. The molecule has 9 heavy (non-hydrogen) atoms. The van der Waals surface area contributed by atoms with E-state index in [2.05, 4.69) is 36.7 Å². The first-order valence-corrected chi connectivity index (χ1v) is 4.92. The molecule has 0 atom stereocenters. The third kappa shape index (κ3) is 2.29. The summed E-state index contributed by atoms with van der Waals surface area (Å²) in [4.78, 5) is 0. The molecule has 0 saturated heterocycles. The third-order valence-corrected chi connectivity index (χ3v) is 3.72. The number of hydrogen-bond acceptors (Lipinski definition) is 0. The van der Waals surface area contributed by atoms with Crippen LogP contribution in [0.4, 0.5) is 0 Å². The maximum atomic E-state index is 3.55. The van der Waals surface area contributed by atoms with Crippen molar-refractivity contribution in [3.05, 3.63) is 0 Å². The van der Waals surface area contributed by atoms with Gasteiger partial charge in [-0.15, -0.1) is 0 Å². The molecule has 1 heteroatoms. The first kappa shape index (κ1) is 9.48. The molecule has 0 aliphatic rings. The molecule has 0 fully saturated rings. The van der Waals surface area contributed by atoms with Gasteiger partial charge in [0.1, 0.15) is 0 Å². The molecule has 0 nitrogen and oxygen atoms in total. The Balaban J connectivity index is 3.82. The van der Waals surface area contributed by atoms with E-state index in [0.29, 0.717) is 5.41 Å². The molecular formula is C8H17Br. The van der Waals surface area contributed by atoms with E-state index in [9.17, 15) is 0 Å². The van der Waals surface area contributed by atoms with Gasteiger partial charge in [0.2, 0.25) is 0 Å². The average molecular weight is 193 g/mol. The minimum atomic E-state index is 0.583. The zero-order valence-corrected chi connectivity index (χ0v) is 8.29. The topological polar surface area (TPSA) is 0 Å². The van der Waals surface area contributed by atoms with Crippen LogP contribution in [0.25, 0.3) is 0 Å². The molecule has 0 aromatic carbocycles. The number of alkyl halides is 1. The van der Waals surface area contributed by atoms with E-state index in [1.807, 2.05) is 0 Å². The fraction of sp³-hybridized carbons (Fsp3) is 1.00. The van der Waals surface area contributed by atoms with Crippen molar-refractivity contribution < 1.29 is 0 Å². The van der Waals surface area contributed by atoms with Crippen LogP contribution in [0, 0.1) is 5.41 Å². The van der Waals surface area contributed by atoms with Gasteiger partial charge in [0, 0.05) is 5.33 Å². The summed E-state index contributed by atoms with van der Waals surface area (Å²) in [5.74, 6) is 0. The molecule has 0 aliphatic heterocycles. The molecule has 0 heterocycles. The molecule has 0 aromatic heterocycles. The summed E-state index contributed by atoms with van der Waals surface area (Å²) >= 11 is 3.55. The van der Waals surface area contributed by atoms with Gasteiger partial charge in [-0.1, -0.05) is 36.7 Å². The van der Waals surface area contributed by atoms with Crippen LogP contribution in [-0.4, -0.2) is 5.33 Å². The summed E-state index contributed by atoms with van der Waals surface area (Å²) in [6.07, 6.45) is 3.89. The fourth-order valence-corrected chi connectivity index (χ4v) is 2.22. The Morgan fingerprint density at radius 1 is 1.00 bits per heavy atom. The van der Waals surface area contributed by atoms with Crippen molar-refractivity contribution in [3.8, 4) is 0 Å². The Morgan fingerprint density at radius 2 is 1.33 bits per heavy atom. The maximum Gasteiger partial charge on any atom is 0.00876 e. The largest absolute Gasteiger partial charge is 0.0922 e. The van der Waals surface area contributed by atoms with Crippen molar-refractivity contribution in [2.24, 2.45) is 5.41 Å². The first-order valence-electron chi connectivity index (χ1n) is 3.80. The van der Waals surface area contributed by atoms with E-state index in [1.54, 1.807) is 0 Å². The van der Waals surface area contributed by atoms with Gasteiger partial charge >= 0.3 is 0 Å². The lowest BCUT2D eigenvalue weighted by Crippen LogP contribution is -2.18. The predicted molar refractivity (Wildman–Crippen MR) is 47.1 cm³/mol. The highest BCUT2D eigenvalue weighted by Gasteiger charge is 2.21. The maximum absolute atomic E-state index is 3.55. The molecule has 0 unspecified atom stereocenters. The van der Waals surface area contributed by atoms with E-state index in [-0.39, 0.29) is 0 Å². The molecule has 0 N–H and O–H groups in total. The molecule has 0 spiro atoms. The molecular weight excluding hydrogens is 176 g/mol. The van der Waals surface area contributed by atoms with Gasteiger partial charge < -0.3 is 0 Å². The van der Waals surface area contributed by atoms with Crippen molar-refractivity contribution in [3.63, 3.8) is 0 Å². The van der Waals surface area contributed by atoms with E-state index in [0.717, 1.165) is 5.33 Å². The number of hydrogen-bond donors (Lipinski definition) is 0. The highest BCUT2D eigenvalue weighted by atomic mass is 79.9. The predicted octanol–water partition coefficient (Wildman–Crippen LogP) is 3.60. The Labute approximate surface area is 67.2 Å². The quantitative estimate of drug-likeness (QED) is 0.598. The Hall–Kier alpha value is 0.480. The lowest BCUT2D eigenvalue weighted by Gasteiger charge is -2.27. The zero-order valence-electron chi connectivity index (χ0n) is 6.71. The third-order valence-electron chi connectivity index (χ3n) is 2.53. The fourth-order valence-electron chi connectivity index (χ4n) is 1.03. The van der Waals surface area contributed by atoms with Crippen molar-refractivity contribution in [1.82, 2.24) is 0 Å². The van der Waals surface area contributed by atoms with Crippen molar-refractivity contribution in [2.45, 2.75) is 40.0 Å². The molecule has 56 valence electrons. The summed E-state index contributed by atoms with van der Waals surface area (Å²) < 4.78 is 0. The molecule has 0 aliphatic carbocycles. The van der Waals surface area contributed by atoms with Crippen LogP contribution in [0.3, 0.4) is 0 Å². The zero-order chi connectivity index (χ0) is 7.33. The normalized spacial score (nSPS) is 12.0. The van der Waals surface area contributed by atoms with E-state index < -0.39 is 0 Å². The van der Waals surface area contributed by atoms with Gasteiger partial charge in [0.15, 0.2) is 0 Å². The highest BCUT2D eigenvalue weighted by molar-refractivity contribution is 9.09. The summed E-state index contributed by atoms with van der Waals surface area (Å²) in [7, 11) is 0. The van der Waals surface area contributed by atoms with Crippen LogP contribution in [0.15, 0.2) is 0 Å². The first-order chi connectivity index (χ1) is 4.24. The van der Waals surface area contributed by atoms with Gasteiger partial charge in [-0.25, -0.2) is 0 Å². The molecule has 0 saturated carbocycles. The summed E-state index contributed by atoms with van der Waals surface area (Å²) in [6.45, 7) is 6.82. The van der Waals surface area contributed by atoms with Gasteiger partial charge in [-0.05, 0) is 24.7 Å². The summed E-state index contributed by atoms with van der Waals surface area (Å²) in [5, 5.41) is 1.16. The second-order valence-electron chi connectivity index (χ2n) is 2.69. The summed E-state index contributed by atoms with van der Waals surface area (Å²) in [5.41, 5.74) is 0.583.